The number of amides is 1. The van der Waals surface area contributed by atoms with Crippen LogP contribution >= 0.6 is 0 Å². The molecule has 0 saturated carbocycles. The Morgan fingerprint density at radius 3 is 2.93 bits per heavy atom. The zero-order valence-corrected chi connectivity index (χ0v) is 15.9. The third kappa shape index (κ3) is 4.39. The van der Waals surface area contributed by atoms with Crippen molar-refractivity contribution in [2.75, 3.05) is 13.2 Å². The molecule has 9 heteroatoms. The molecule has 1 aliphatic rings. The van der Waals surface area contributed by atoms with Gasteiger partial charge in [0.1, 0.15) is 17.2 Å². The number of hydrogen-bond donors (Lipinski definition) is 1. The second kappa shape index (κ2) is 8.34. The Morgan fingerprint density at radius 1 is 1.21 bits per heavy atom. The van der Waals surface area contributed by atoms with Gasteiger partial charge in [-0.3, -0.25) is 9.36 Å². The number of benzene rings is 1. The van der Waals surface area contributed by atoms with Gasteiger partial charge in [-0.1, -0.05) is 0 Å². The number of fused-ring (bicyclic) bond motifs is 2. The van der Waals surface area contributed by atoms with E-state index in [4.69, 9.17) is 9.15 Å². The molecule has 1 aromatic carbocycles. The minimum Gasteiger partial charge on any atom is -0.484 e. The Kier molecular flexibility index (Phi) is 5.46. The summed E-state index contributed by atoms with van der Waals surface area (Å²) >= 11 is 0. The van der Waals surface area contributed by atoms with Gasteiger partial charge >= 0.3 is 11.3 Å². The lowest BCUT2D eigenvalue weighted by atomic mass is 10.2. The summed E-state index contributed by atoms with van der Waals surface area (Å²) in [5.41, 5.74) is -0.106. The highest BCUT2D eigenvalue weighted by atomic mass is 16.5. The molecule has 0 atom stereocenters. The Labute approximate surface area is 165 Å². The van der Waals surface area contributed by atoms with Gasteiger partial charge in [0, 0.05) is 43.6 Å². The van der Waals surface area contributed by atoms with Crippen LogP contribution < -0.4 is 21.4 Å². The standard InChI is InChI=1S/C20H22N4O5/c25-18(13-28-15-7-5-14-6-8-19(26)29-16(14)12-15)21-9-3-11-24-20(27)23-10-2-1-4-17(23)22-24/h5-8,12H,1-4,9-11,13H2,(H,21,25). The van der Waals surface area contributed by atoms with Gasteiger partial charge < -0.3 is 14.5 Å². The third-order valence-corrected chi connectivity index (χ3v) is 4.86. The number of carbonyl (C=O) groups is 1. The molecule has 3 heterocycles. The normalized spacial score (nSPS) is 13.2. The second-order valence-corrected chi connectivity index (χ2v) is 6.98. The summed E-state index contributed by atoms with van der Waals surface area (Å²) in [5, 5.41) is 7.91. The van der Waals surface area contributed by atoms with Gasteiger partial charge in [0.2, 0.25) is 0 Å². The van der Waals surface area contributed by atoms with Gasteiger partial charge in [0.15, 0.2) is 6.61 Å². The molecule has 0 fully saturated rings. The number of carbonyl (C=O) groups excluding carboxylic acids is 1. The number of hydrogen-bond acceptors (Lipinski definition) is 6. The van der Waals surface area contributed by atoms with E-state index in [0.29, 0.717) is 30.8 Å². The molecule has 0 radical (unpaired) electrons. The lowest BCUT2D eigenvalue weighted by Gasteiger charge is -2.09. The maximum Gasteiger partial charge on any atom is 0.345 e. The Balaban J connectivity index is 1.23. The van der Waals surface area contributed by atoms with Crippen molar-refractivity contribution in [1.29, 1.82) is 0 Å². The molecular formula is C20H22N4O5. The molecule has 0 saturated heterocycles. The van der Waals surface area contributed by atoms with Crippen LogP contribution in [0.25, 0.3) is 11.0 Å². The minimum absolute atomic E-state index is 0.0719. The summed E-state index contributed by atoms with van der Waals surface area (Å²) < 4.78 is 13.8. The van der Waals surface area contributed by atoms with E-state index in [9.17, 15) is 14.4 Å². The van der Waals surface area contributed by atoms with Gasteiger partial charge in [0.25, 0.3) is 5.91 Å². The first-order chi connectivity index (χ1) is 14.1. The maximum atomic E-state index is 12.2. The van der Waals surface area contributed by atoms with E-state index in [2.05, 4.69) is 10.4 Å². The van der Waals surface area contributed by atoms with E-state index < -0.39 is 5.63 Å². The number of aryl methyl sites for hydroxylation is 2. The molecule has 0 unspecified atom stereocenters. The fourth-order valence-corrected chi connectivity index (χ4v) is 3.38. The summed E-state index contributed by atoms with van der Waals surface area (Å²) in [5.74, 6) is 1.03. The lowest BCUT2D eigenvalue weighted by molar-refractivity contribution is -0.123. The van der Waals surface area contributed by atoms with Crippen molar-refractivity contribution >= 4 is 16.9 Å². The van der Waals surface area contributed by atoms with E-state index >= 15 is 0 Å². The average Bonchev–Trinajstić information content (AvgIpc) is 3.05. The zero-order chi connectivity index (χ0) is 20.2. The van der Waals surface area contributed by atoms with Gasteiger partial charge in [-0.15, -0.1) is 0 Å². The van der Waals surface area contributed by atoms with Gasteiger partial charge in [-0.05, 0) is 37.5 Å². The van der Waals surface area contributed by atoms with Crippen LogP contribution in [0.5, 0.6) is 5.75 Å². The number of nitrogens with zero attached hydrogens (tertiary/aromatic N) is 3. The van der Waals surface area contributed by atoms with Crippen molar-refractivity contribution in [3.05, 3.63) is 57.1 Å². The average molecular weight is 398 g/mol. The number of nitrogens with one attached hydrogen (secondary N) is 1. The van der Waals surface area contributed by atoms with Crippen LogP contribution in [0.1, 0.15) is 25.1 Å². The molecule has 2 aromatic heterocycles. The Bertz CT molecular complexity index is 1140. The number of rotatable bonds is 7. The summed E-state index contributed by atoms with van der Waals surface area (Å²) in [6.45, 7) is 1.47. The Morgan fingerprint density at radius 2 is 2.07 bits per heavy atom. The molecule has 4 rings (SSSR count). The fourth-order valence-electron chi connectivity index (χ4n) is 3.38. The molecule has 9 nitrogen and oxygen atoms in total. The quantitative estimate of drug-likeness (QED) is 0.471. The molecule has 152 valence electrons. The van der Waals surface area contributed by atoms with Crippen LogP contribution in [-0.4, -0.2) is 33.4 Å². The van der Waals surface area contributed by atoms with Crippen LogP contribution in [-0.2, 0) is 24.3 Å². The van der Waals surface area contributed by atoms with Gasteiger partial charge in [-0.25, -0.2) is 14.3 Å². The molecule has 0 spiro atoms. The predicted octanol–water partition coefficient (Wildman–Crippen LogP) is 1.07. The number of ether oxygens (including phenoxy) is 1. The smallest absolute Gasteiger partial charge is 0.345 e. The highest BCUT2D eigenvalue weighted by molar-refractivity contribution is 5.79. The SMILES string of the molecule is O=C(COc1ccc2ccc(=O)oc2c1)NCCCn1nc2n(c1=O)CCCC2. The van der Waals surface area contributed by atoms with Crippen LogP contribution in [0.3, 0.4) is 0 Å². The highest BCUT2D eigenvalue weighted by Crippen LogP contribution is 2.19. The molecule has 1 amide bonds. The van der Waals surface area contributed by atoms with Crippen molar-refractivity contribution in [2.24, 2.45) is 0 Å². The molecule has 1 aliphatic heterocycles. The first-order valence-electron chi connectivity index (χ1n) is 9.70. The lowest BCUT2D eigenvalue weighted by Crippen LogP contribution is -2.31. The van der Waals surface area contributed by atoms with Crippen molar-refractivity contribution in [3.63, 3.8) is 0 Å². The molecule has 0 aliphatic carbocycles. The monoisotopic (exact) mass is 398 g/mol. The van der Waals surface area contributed by atoms with Crippen molar-refractivity contribution in [1.82, 2.24) is 19.7 Å². The van der Waals surface area contributed by atoms with Crippen molar-refractivity contribution < 1.29 is 13.9 Å². The summed E-state index contributed by atoms with van der Waals surface area (Å²) in [6.07, 6.45) is 3.52. The van der Waals surface area contributed by atoms with Gasteiger partial charge in [-0.2, -0.15) is 5.10 Å². The summed E-state index contributed by atoms with van der Waals surface area (Å²) in [7, 11) is 0. The van der Waals surface area contributed by atoms with Crippen molar-refractivity contribution in [3.8, 4) is 5.75 Å². The Hall–Kier alpha value is -3.36. The maximum absolute atomic E-state index is 12.2. The first kappa shape index (κ1) is 19.0. The predicted molar refractivity (Wildman–Crippen MR) is 105 cm³/mol. The first-order valence-corrected chi connectivity index (χ1v) is 9.70. The number of aromatic nitrogens is 3. The molecule has 1 N–H and O–H groups in total. The van der Waals surface area contributed by atoms with Crippen LogP contribution in [0, 0.1) is 0 Å². The van der Waals surface area contributed by atoms with E-state index in [1.54, 1.807) is 28.8 Å². The topological polar surface area (TPSA) is 108 Å². The zero-order valence-electron chi connectivity index (χ0n) is 15.9. The van der Waals surface area contributed by atoms with Crippen LogP contribution in [0.4, 0.5) is 0 Å². The van der Waals surface area contributed by atoms with Crippen molar-refractivity contribution in [2.45, 2.75) is 38.8 Å². The van der Waals surface area contributed by atoms with E-state index in [1.807, 2.05) is 0 Å². The summed E-state index contributed by atoms with van der Waals surface area (Å²) in [4.78, 5) is 35.5. The largest absolute Gasteiger partial charge is 0.484 e. The molecule has 0 bridgehead atoms. The molecule has 29 heavy (non-hydrogen) atoms. The van der Waals surface area contributed by atoms with E-state index in [-0.39, 0.29) is 18.2 Å². The highest BCUT2D eigenvalue weighted by Gasteiger charge is 2.16. The van der Waals surface area contributed by atoms with E-state index in [0.717, 1.165) is 37.0 Å². The molecule has 3 aromatic rings. The summed E-state index contributed by atoms with van der Waals surface area (Å²) in [6, 6.07) is 8.07. The van der Waals surface area contributed by atoms with E-state index in [1.165, 1.54) is 10.7 Å². The third-order valence-electron chi connectivity index (χ3n) is 4.86. The minimum atomic E-state index is -0.440. The fraction of sp³-hybridized carbons (Fsp3) is 0.400. The molecular weight excluding hydrogens is 376 g/mol. The van der Waals surface area contributed by atoms with Crippen LogP contribution in [0.2, 0.25) is 0 Å². The van der Waals surface area contributed by atoms with Crippen LogP contribution in [0.15, 0.2) is 44.3 Å². The van der Waals surface area contributed by atoms with Gasteiger partial charge in [0.05, 0.1) is 0 Å². The second-order valence-electron chi connectivity index (χ2n) is 6.98.